The lowest BCUT2D eigenvalue weighted by Crippen LogP contribution is -2.45. The molecule has 1 saturated carbocycles. The van der Waals surface area contributed by atoms with Crippen LogP contribution in [-0.4, -0.2) is 69.5 Å². The Kier molecular flexibility index (Phi) is 9.56. The number of carbonyl (C=O) groups excluding carboxylic acids is 1. The maximum absolute atomic E-state index is 13.9. The van der Waals surface area contributed by atoms with Crippen molar-refractivity contribution in [3.63, 3.8) is 0 Å². The Labute approximate surface area is 233 Å². The van der Waals surface area contributed by atoms with Crippen LogP contribution in [0.15, 0.2) is 36.9 Å². The number of pyridine rings is 1. The number of aromatic amines is 1. The number of hydrogen-bond acceptors (Lipinski definition) is 6. The number of aromatic nitrogens is 5. The van der Waals surface area contributed by atoms with Crippen molar-refractivity contribution in [1.29, 1.82) is 0 Å². The second-order valence-electron chi connectivity index (χ2n) is 10.2. The van der Waals surface area contributed by atoms with Crippen LogP contribution in [0.3, 0.4) is 0 Å². The van der Waals surface area contributed by atoms with Gasteiger partial charge >= 0.3 is 6.03 Å². The topological polar surface area (TPSA) is 119 Å². The number of amides is 2. The zero-order valence-electron chi connectivity index (χ0n) is 23.0. The van der Waals surface area contributed by atoms with Gasteiger partial charge in [-0.15, -0.1) is 0 Å². The number of nitrogens with one attached hydrogen (secondary N) is 3. The summed E-state index contributed by atoms with van der Waals surface area (Å²) in [5, 5.41) is 7.64. The summed E-state index contributed by atoms with van der Waals surface area (Å²) in [4.78, 5) is 29.1. The maximum atomic E-state index is 13.9. The minimum Gasteiger partial charge on any atom is -0.382 e. The molecule has 0 radical (unpaired) electrons. The van der Waals surface area contributed by atoms with E-state index in [1.807, 2.05) is 19.2 Å². The lowest BCUT2D eigenvalue weighted by molar-refractivity contribution is 0.121. The molecule has 4 heterocycles. The van der Waals surface area contributed by atoms with E-state index in [9.17, 15) is 9.18 Å². The summed E-state index contributed by atoms with van der Waals surface area (Å²) in [7, 11) is 0. The SMILES string of the molecule is CCOCCCCCOCCNC(=O)N[C@@H]1CCC[C@H](n2ccc3cnc(-c4c[nH]c5ncc(F)cc45)nc32)C1. The largest absolute Gasteiger partial charge is 0.382 e. The van der Waals surface area contributed by atoms with Gasteiger partial charge in [-0.3, -0.25) is 0 Å². The molecule has 11 heteroatoms. The molecule has 5 rings (SSSR count). The Balaban J connectivity index is 1.13. The van der Waals surface area contributed by atoms with Gasteiger partial charge in [0.1, 0.15) is 17.1 Å². The van der Waals surface area contributed by atoms with E-state index in [1.165, 1.54) is 12.3 Å². The number of nitrogens with zero attached hydrogens (tertiary/aromatic N) is 4. The van der Waals surface area contributed by atoms with Gasteiger partial charge in [0, 0.05) is 73.4 Å². The monoisotopic (exact) mass is 551 g/mol. The van der Waals surface area contributed by atoms with E-state index >= 15 is 0 Å². The van der Waals surface area contributed by atoms with Crippen molar-refractivity contribution >= 4 is 28.1 Å². The van der Waals surface area contributed by atoms with Gasteiger partial charge in [-0.1, -0.05) is 0 Å². The van der Waals surface area contributed by atoms with Gasteiger partial charge in [-0.25, -0.2) is 24.1 Å². The number of hydrogen-bond donors (Lipinski definition) is 3. The molecule has 4 aromatic rings. The zero-order chi connectivity index (χ0) is 27.7. The van der Waals surface area contributed by atoms with Gasteiger partial charge < -0.3 is 29.7 Å². The minimum absolute atomic E-state index is 0.0754. The fourth-order valence-electron chi connectivity index (χ4n) is 5.38. The third-order valence-electron chi connectivity index (χ3n) is 7.38. The van der Waals surface area contributed by atoms with E-state index < -0.39 is 5.82 Å². The first-order chi connectivity index (χ1) is 19.6. The summed E-state index contributed by atoms with van der Waals surface area (Å²) in [6, 6.07) is 3.58. The van der Waals surface area contributed by atoms with Crippen LogP contribution >= 0.6 is 0 Å². The number of ether oxygens (including phenoxy) is 2. The average molecular weight is 552 g/mol. The molecule has 1 fully saturated rings. The fourth-order valence-corrected chi connectivity index (χ4v) is 5.38. The van der Waals surface area contributed by atoms with Gasteiger partial charge in [0.15, 0.2) is 5.82 Å². The standard InChI is InChI=1S/C29H38FN7O3/c1-2-39-12-4-3-5-13-40-14-10-31-29(38)35-22-7-6-8-23(16-22)37-11-9-20-17-32-27(36-28(20)37)25-19-34-26-24(25)15-21(30)18-33-26/h9,11,15,17-19,22-23H,2-8,10,12-14,16H2,1H3,(H,33,34)(H2,31,35,38)/t22-,23+/m1/s1. The van der Waals surface area contributed by atoms with Gasteiger partial charge in [0.25, 0.3) is 0 Å². The predicted octanol–water partition coefficient (Wildman–Crippen LogP) is 5.12. The highest BCUT2D eigenvalue weighted by Crippen LogP contribution is 2.33. The summed E-state index contributed by atoms with van der Waals surface area (Å²) in [6.45, 7) is 5.26. The van der Waals surface area contributed by atoms with Crippen LogP contribution in [0.4, 0.5) is 9.18 Å². The molecule has 2 amide bonds. The van der Waals surface area contributed by atoms with Crippen molar-refractivity contribution in [2.24, 2.45) is 0 Å². The fraction of sp³-hybridized carbons (Fsp3) is 0.517. The van der Waals surface area contributed by atoms with E-state index in [0.29, 0.717) is 42.2 Å². The number of H-pyrrole nitrogens is 1. The normalized spacial score (nSPS) is 17.4. The second kappa shape index (κ2) is 13.7. The summed E-state index contributed by atoms with van der Waals surface area (Å²) in [5.41, 5.74) is 2.13. The molecule has 0 bridgehead atoms. The smallest absolute Gasteiger partial charge is 0.315 e. The highest BCUT2D eigenvalue weighted by molar-refractivity contribution is 5.92. The second-order valence-corrected chi connectivity index (χ2v) is 10.2. The van der Waals surface area contributed by atoms with Gasteiger partial charge in [-0.2, -0.15) is 0 Å². The average Bonchev–Trinajstić information content (AvgIpc) is 3.58. The third-order valence-corrected chi connectivity index (χ3v) is 7.38. The van der Waals surface area contributed by atoms with Crippen molar-refractivity contribution in [2.75, 3.05) is 33.0 Å². The van der Waals surface area contributed by atoms with Crippen LogP contribution in [0.5, 0.6) is 0 Å². The predicted molar refractivity (Wildman–Crippen MR) is 152 cm³/mol. The van der Waals surface area contributed by atoms with Crippen LogP contribution in [0.2, 0.25) is 0 Å². The molecule has 1 aliphatic carbocycles. The molecule has 1 aliphatic rings. The van der Waals surface area contributed by atoms with Gasteiger partial charge in [-0.05, 0) is 64.0 Å². The number of halogens is 1. The molecule has 40 heavy (non-hydrogen) atoms. The van der Waals surface area contributed by atoms with E-state index in [0.717, 1.165) is 69.2 Å². The Morgan fingerprint density at radius 1 is 1.15 bits per heavy atom. The molecule has 214 valence electrons. The number of fused-ring (bicyclic) bond motifs is 2. The molecule has 2 atom stereocenters. The van der Waals surface area contributed by atoms with Crippen molar-refractivity contribution in [3.05, 3.63) is 42.7 Å². The molecule has 4 aromatic heterocycles. The molecular formula is C29H38FN7O3. The van der Waals surface area contributed by atoms with Crippen LogP contribution in [0.25, 0.3) is 33.5 Å². The van der Waals surface area contributed by atoms with Crippen LogP contribution in [-0.2, 0) is 9.47 Å². The van der Waals surface area contributed by atoms with Crippen molar-refractivity contribution in [3.8, 4) is 11.4 Å². The molecule has 0 spiro atoms. The van der Waals surface area contributed by atoms with Gasteiger partial charge in [0.2, 0.25) is 0 Å². The quantitative estimate of drug-likeness (QED) is 0.199. The van der Waals surface area contributed by atoms with Crippen molar-refractivity contribution < 1.29 is 18.7 Å². The minimum atomic E-state index is -0.404. The Morgan fingerprint density at radius 2 is 2.02 bits per heavy atom. The summed E-state index contributed by atoms with van der Waals surface area (Å²) < 4.78 is 27.0. The van der Waals surface area contributed by atoms with Crippen LogP contribution in [0, 0.1) is 5.82 Å². The summed E-state index contributed by atoms with van der Waals surface area (Å²) >= 11 is 0. The maximum Gasteiger partial charge on any atom is 0.315 e. The Morgan fingerprint density at radius 3 is 2.90 bits per heavy atom. The van der Waals surface area contributed by atoms with Crippen LogP contribution in [0.1, 0.15) is 57.9 Å². The number of carbonyl (C=O) groups is 1. The number of unbranched alkanes of at least 4 members (excludes halogenated alkanes) is 2. The summed E-state index contributed by atoms with van der Waals surface area (Å²) in [5.74, 6) is 0.114. The lowest BCUT2D eigenvalue weighted by Gasteiger charge is -2.31. The molecule has 0 saturated heterocycles. The molecular weight excluding hydrogens is 513 g/mol. The van der Waals surface area contributed by atoms with E-state index in [-0.39, 0.29) is 18.1 Å². The van der Waals surface area contributed by atoms with Crippen molar-refractivity contribution in [1.82, 2.24) is 35.1 Å². The Hall–Kier alpha value is -3.57. The van der Waals surface area contributed by atoms with E-state index in [1.54, 1.807) is 12.4 Å². The lowest BCUT2D eigenvalue weighted by atomic mass is 9.91. The number of rotatable bonds is 13. The molecule has 0 aromatic carbocycles. The van der Waals surface area contributed by atoms with Crippen LogP contribution < -0.4 is 10.6 Å². The molecule has 0 unspecified atom stereocenters. The highest BCUT2D eigenvalue weighted by Gasteiger charge is 2.26. The zero-order valence-corrected chi connectivity index (χ0v) is 23.0. The van der Waals surface area contributed by atoms with E-state index in [2.05, 4.69) is 30.2 Å². The summed E-state index contributed by atoms with van der Waals surface area (Å²) in [6.07, 6.45) is 13.7. The molecule has 0 aliphatic heterocycles. The van der Waals surface area contributed by atoms with E-state index in [4.69, 9.17) is 14.5 Å². The number of urea groups is 1. The van der Waals surface area contributed by atoms with Crippen molar-refractivity contribution in [2.45, 2.75) is 64.0 Å². The third kappa shape index (κ3) is 6.95. The first-order valence-electron chi connectivity index (χ1n) is 14.3. The Bertz CT molecular complexity index is 1410. The first-order valence-corrected chi connectivity index (χ1v) is 14.3. The highest BCUT2D eigenvalue weighted by atomic mass is 19.1. The first kappa shape index (κ1) is 28.0. The van der Waals surface area contributed by atoms with Gasteiger partial charge in [0.05, 0.1) is 12.8 Å². The molecule has 10 nitrogen and oxygen atoms in total. The molecule has 3 N–H and O–H groups in total.